The van der Waals surface area contributed by atoms with Gasteiger partial charge in [0.15, 0.2) is 0 Å². The fourth-order valence-electron chi connectivity index (χ4n) is 3.68. The first-order chi connectivity index (χ1) is 14.2. The van der Waals surface area contributed by atoms with Crippen LogP contribution in [0, 0.1) is 0 Å². The molecule has 0 radical (unpaired) electrons. The molecule has 29 heavy (non-hydrogen) atoms. The molecule has 1 atom stereocenters. The zero-order chi connectivity index (χ0) is 21.4. The fourth-order valence-corrected chi connectivity index (χ4v) is 3.68. The first-order valence-corrected chi connectivity index (χ1v) is 12.6. The minimum atomic E-state index is -0.639. The summed E-state index contributed by atoms with van der Waals surface area (Å²) in [6, 6.07) is 0. The first kappa shape index (κ1) is 28.4. The molecular weight excluding hydrogens is 364 g/mol. The largest absolute Gasteiger partial charge is 0.466 e. The highest BCUT2D eigenvalue weighted by atomic mass is 16.5. The quantitative estimate of drug-likeness (QED) is 0.144. The van der Waals surface area contributed by atoms with E-state index in [1.807, 2.05) is 0 Å². The van der Waals surface area contributed by atoms with Crippen LogP contribution in [-0.4, -0.2) is 35.5 Å². The van der Waals surface area contributed by atoms with Crippen molar-refractivity contribution in [2.45, 2.75) is 141 Å². The number of hydrogen-bond acceptors (Lipinski definition) is 4. The summed E-state index contributed by atoms with van der Waals surface area (Å²) in [5.41, 5.74) is 0. The summed E-state index contributed by atoms with van der Waals surface area (Å²) in [7, 11) is 0. The summed E-state index contributed by atoms with van der Waals surface area (Å²) in [5.74, 6) is -0.303. The maximum absolute atomic E-state index is 11.6. The van der Waals surface area contributed by atoms with Gasteiger partial charge in [0, 0.05) is 6.61 Å². The number of unbranched alkanes of at least 4 members (excludes halogenated alkanes) is 16. The van der Waals surface area contributed by atoms with Crippen molar-refractivity contribution in [2.24, 2.45) is 0 Å². The van der Waals surface area contributed by atoms with Crippen LogP contribution in [0.5, 0.6) is 0 Å². The minimum absolute atomic E-state index is 0.0737. The van der Waals surface area contributed by atoms with E-state index in [-0.39, 0.29) is 19.0 Å². The number of esters is 1. The maximum atomic E-state index is 11.6. The number of carbonyl (C=O) groups is 1. The van der Waals surface area contributed by atoms with E-state index in [2.05, 4.69) is 6.92 Å². The van der Waals surface area contributed by atoms with Crippen LogP contribution in [-0.2, 0) is 9.53 Å². The molecule has 0 aliphatic rings. The maximum Gasteiger partial charge on any atom is 0.308 e. The summed E-state index contributed by atoms with van der Waals surface area (Å²) >= 11 is 0. The van der Waals surface area contributed by atoms with Gasteiger partial charge >= 0.3 is 5.97 Å². The molecular formula is C25H50O4. The lowest BCUT2D eigenvalue weighted by atomic mass is 10.0. The second-order valence-corrected chi connectivity index (χ2v) is 8.60. The monoisotopic (exact) mass is 414 g/mol. The molecule has 4 nitrogen and oxygen atoms in total. The van der Waals surface area contributed by atoms with Crippen molar-refractivity contribution < 1.29 is 19.7 Å². The average molecular weight is 415 g/mol. The van der Waals surface area contributed by atoms with Gasteiger partial charge in [-0.1, -0.05) is 103 Å². The van der Waals surface area contributed by atoms with Crippen molar-refractivity contribution in [3.8, 4) is 0 Å². The van der Waals surface area contributed by atoms with E-state index in [4.69, 9.17) is 9.84 Å². The lowest BCUT2D eigenvalue weighted by molar-refractivity contribution is -0.146. The van der Waals surface area contributed by atoms with E-state index in [1.54, 1.807) is 0 Å². The third-order valence-corrected chi connectivity index (χ3v) is 5.61. The number of rotatable bonds is 23. The van der Waals surface area contributed by atoms with Crippen molar-refractivity contribution in [3.63, 3.8) is 0 Å². The third kappa shape index (κ3) is 23.5. The topological polar surface area (TPSA) is 66.8 Å². The number of ether oxygens (including phenoxy) is 1. The molecule has 0 rings (SSSR count). The Morgan fingerprint density at radius 1 is 0.690 bits per heavy atom. The molecule has 0 aromatic heterocycles. The van der Waals surface area contributed by atoms with E-state index >= 15 is 0 Å². The zero-order valence-electron chi connectivity index (χ0n) is 19.3. The summed E-state index contributed by atoms with van der Waals surface area (Å²) in [4.78, 5) is 11.6. The Kier molecular flexibility index (Phi) is 23.2. The summed E-state index contributed by atoms with van der Waals surface area (Å²) in [5, 5.41) is 18.4. The molecule has 0 saturated heterocycles. The van der Waals surface area contributed by atoms with E-state index in [1.165, 1.54) is 89.9 Å². The lowest BCUT2D eigenvalue weighted by Gasteiger charge is -2.10. The van der Waals surface area contributed by atoms with Crippen molar-refractivity contribution in [1.82, 2.24) is 0 Å². The van der Waals surface area contributed by atoms with Crippen LogP contribution < -0.4 is 0 Å². The Hall–Kier alpha value is -0.610. The molecule has 0 aromatic carbocycles. The molecule has 0 spiro atoms. The molecule has 0 bridgehead atoms. The van der Waals surface area contributed by atoms with E-state index in [0.717, 1.165) is 19.3 Å². The Balaban J connectivity index is 3.19. The molecule has 0 aromatic rings. The Labute approximate surface area is 180 Å². The van der Waals surface area contributed by atoms with Crippen LogP contribution in [0.3, 0.4) is 0 Å². The van der Waals surface area contributed by atoms with Gasteiger partial charge in [-0.3, -0.25) is 4.79 Å². The molecule has 0 aliphatic carbocycles. The van der Waals surface area contributed by atoms with E-state index < -0.39 is 6.10 Å². The van der Waals surface area contributed by atoms with Crippen LogP contribution in [0.1, 0.15) is 135 Å². The van der Waals surface area contributed by atoms with Crippen molar-refractivity contribution in [3.05, 3.63) is 0 Å². The highest BCUT2D eigenvalue weighted by Gasteiger charge is 2.11. The Morgan fingerprint density at radius 2 is 1.14 bits per heavy atom. The highest BCUT2D eigenvalue weighted by Crippen LogP contribution is 2.14. The van der Waals surface area contributed by atoms with Crippen LogP contribution >= 0.6 is 0 Å². The van der Waals surface area contributed by atoms with Gasteiger partial charge in [0.1, 0.15) is 0 Å². The van der Waals surface area contributed by atoms with Gasteiger partial charge in [0.05, 0.1) is 19.1 Å². The molecule has 174 valence electrons. The highest BCUT2D eigenvalue weighted by molar-refractivity contribution is 5.69. The fraction of sp³-hybridized carbons (Fsp3) is 0.960. The third-order valence-electron chi connectivity index (χ3n) is 5.61. The lowest BCUT2D eigenvalue weighted by Crippen LogP contribution is -2.16. The van der Waals surface area contributed by atoms with Crippen LogP contribution in [0.2, 0.25) is 0 Å². The van der Waals surface area contributed by atoms with Gasteiger partial charge in [0.2, 0.25) is 0 Å². The molecule has 2 N–H and O–H groups in total. The smallest absolute Gasteiger partial charge is 0.308 e. The molecule has 1 unspecified atom stereocenters. The summed E-state index contributed by atoms with van der Waals surface area (Å²) in [6.45, 7) is 2.88. The number of aliphatic hydroxyl groups excluding tert-OH is 2. The standard InChI is InChI=1S/C25H50O4/c1-2-3-4-5-6-7-8-9-10-11-12-13-14-15-16-19-22-29-25(28)23-24(27)20-17-18-21-26/h24,26-27H,2-23H2,1H3. The summed E-state index contributed by atoms with van der Waals surface area (Å²) < 4.78 is 5.19. The van der Waals surface area contributed by atoms with Gasteiger partial charge in [0.25, 0.3) is 0 Å². The van der Waals surface area contributed by atoms with Gasteiger partial charge in [-0.15, -0.1) is 0 Å². The van der Waals surface area contributed by atoms with Crippen molar-refractivity contribution in [1.29, 1.82) is 0 Å². The molecule has 4 heteroatoms. The van der Waals surface area contributed by atoms with Gasteiger partial charge in [-0.05, 0) is 25.7 Å². The van der Waals surface area contributed by atoms with E-state index in [0.29, 0.717) is 19.4 Å². The number of carbonyl (C=O) groups excluding carboxylic acids is 1. The van der Waals surface area contributed by atoms with Crippen LogP contribution in [0.15, 0.2) is 0 Å². The summed E-state index contributed by atoms with van der Waals surface area (Å²) in [6.07, 6.45) is 22.7. The Bertz CT molecular complexity index is 333. The molecule has 0 saturated carbocycles. The second kappa shape index (κ2) is 23.7. The second-order valence-electron chi connectivity index (χ2n) is 8.60. The minimum Gasteiger partial charge on any atom is -0.466 e. The van der Waals surface area contributed by atoms with Gasteiger partial charge < -0.3 is 14.9 Å². The number of aliphatic hydroxyl groups is 2. The predicted octanol–water partition coefficient (Wildman–Crippen LogP) is 6.70. The molecule has 0 amide bonds. The van der Waals surface area contributed by atoms with Crippen LogP contribution in [0.25, 0.3) is 0 Å². The van der Waals surface area contributed by atoms with Gasteiger partial charge in [-0.25, -0.2) is 0 Å². The van der Waals surface area contributed by atoms with Crippen LogP contribution in [0.4, 0.5) is 0 Å². The molecule has 0 aliphatic heterocycles. The molecule has 0 heterocycles. The average Bonchev–Trinajstić information content (AvgIpc) is 2.70. The number of hydrogen-bond donors (Lipinski definition) is 2. The first-order valence-electron chi connectivity index (χ1n) is 12.6. The zero-order valence-corrected chi connectivity index (χ0v) is 19.3. The predicted molar refractivity (Wildman–Crippen MR) is 122 cm³/mol. The van der Waals surface area contributed by atoms with Crippen molar-refractivity contribution >= 4 is 5.97 Å². The van der Waals surface area contributed by atoms with E-state index in [9.17, 15) is 9.90 Å². The SMILES string of the molecule is CCCCCCCCCCCCCCCCCCOC(=O)CC(O)CCCCO. The van der Waals surface area contributed by atoms with Gasteiger partial charge in [-0.2, -0.15) is 0 Å². The van der Waals surface area contributed by atoms with Crippen molar-refractivity contribution in [2.75, 3.05) is 13.2 Å². The Morgan fingerprint density at radius 3 is 1.59 bits per heavy atom. The normalized spacial score (nSPS) is 12.2. The molecule has 0 fully saturated rings.